The van der Waals surface area contributed by atoms with Gasteiger partial charge in [0, 0.05) is 26.9 Å². The van der Waals surface area contributed by atoms with Crippen molar-refractivity contribution in [2.24, 2.45) is 0 Å². The number of carboxylic acid groups (broad SMARTS) is 1. The van der Waals surface area contributed by atoms with Gasteiger partial charge in [-0.2, -0.15) is 0 Å². The molecule has 0 bridgehead atoms. The average molecular weight is 420 g/mol. The van der Waals surface area contributed by atoms with Crippen molar-refractivity contribution in [1.29, 1.82) is 0 Å². The minimum atomic E-state index is -0.966. The van der Waals surface area contributed by atoms with Crippen LogP contribution in [0.4, 0.5) is 0 Å². The number of methoxy groups -OCH3 is 1. The van der Waals surface area contributed by atoms with Crippen LogP contribution in [-0.2, 0) is 17.6 Å². The van der Waals surface area contributed by atoms with Gasteiger partial charge in [0.15, 0.2) is 0 Å². The van der Waals surface area contributed by atoms with Crippen molar-refractivity contribution in [1.82, 2.24) is 4.90 Å². The summed E-state index contributed by atoms with van der Waals surface area (Å²) < 4.78 is 5.45. The molecule has 31 heavy (non-hydrogen) atoms. The van der Waals surface area contributed by atoms with E-state index >= 15 is 0 Å². The fourth-order valence-electron chi connectivity index (χ4n) is 3.75. The van der Waals surface area contributed by atoms with Crippen LogP contribution in [0.3, 0.4) is 0 Å². The predicted molar refractivity (Wildman–Crippen MR) is 123 cm³/mol. The van der Waals surface area contributed by atoms with Crippen molar-refractivity contribution < 1.29 is 19.4 Å². The summed E-state index contributed by atoms with van der Waals surface area (Å²) >= 11 is 0. The summed E-state index contributed by atoms with van der Waals surface area (Å²) in [5.41, 5.74) is 3.59. The number of unbranched alkanes of at least 4 members (excludes halogenated alkanes) is 1. The summed E-state index contributed by atoms with van der Waals surface area (Å²) in [7, 11) is 5.14. The maximum atomic E-state index is 11.7. The maximum Gasteiger partial charge on any atom is 0.335 e. The van der Waals surface area contributed by atoms with Crippen molar-refractivity contribution in [3.05, 3.63) is 76.9 Å². The average Bonchev–Trinajstić information content (AvgIpc) is 2.76. The topological polar surface area (TPSA) is 66.8 Å². The Morgan fingerprint density at radius 3 is 2.48 bits per heavy atom. The first-order valence-electron chi connectivity index (χ1n) is 10.5. The zero-order chi connectivity index (χ0) is 22.4. The molecule has 3 aromatic rings. The van der Waals surface area contributed by atoms with E-state index in [1.54, 1.807) is 38.2 Å². The number of hydrogen-bond donors (Lipinski definition) is 1. The minimum Gasteiger partial charge on any atom is -0.496 e. The van der Waals surface area contributed by atoms with Crippen LogP contribution in [-0.4, -0.2) is 43.1 Å². The van der Waals surface area contributed by atoms with E-state index in [1.807, 2.05) is 12.1 Å². The van der Waals surface area contributed by atoms with Crippen LogP contribution in [0.15, 0.2) is 54.6 Å². The Kier molecular flexibility index (Phi) is 7.29. The first kappa shape index (κ1) is 22.3. The highest BCUT2D eigenvalue weighted by molar-refractivity contribution is 5.89. The van der Waals surface area contributed by atoms with Crippen molar-refractivity contribution in [3.63, 3.8) is 0 Å². The first-order chi connectivity index (χ1) is 14.9. The molecule has 3 aromatic carbocycles. The number of carbonyl (C=O) groups is 2. The monoisotopic (exact) mass is 419 g/mol. The Balaban J connectivity index is 1.79. The van der Waals surface area contributed by atoms with Gasteiger partial charge in [-0.15, -0.1) is 0 Å². The highest BCUT2D eigenvalue weighted by atomic mass is 16.5. The normalized spacial score (nSPS) is 10.8. The van der Waals surface area contributed by atoms with Gasteiger partial charge in [-0.25, -0.2) is 4.79 Å². The Morgan fingerprint density at radius 1 is 0.968 bits per heavy atom. The summed E-state index contributed by atoms with van der Waals surface area (Å²) in [5, 5.41) is 11.6. The van der Waals surface area contributed by atoms with Crippen LogP contribution in [0.5, 0.6) is 5.75 Å². The maximum absolute atomic E-state index is 11.7. The van der Waals surface area contributed by atoms with E-state index in [0.717, 1.165) is 24.8 Å². The van der Waals surface area contributed by atoms with E-state index < -0.39 is 5.97 Å². The molecule has 1 N–H and O–H groups in total. The molecule has 5 heteroatoms. The van der Waals surface area contributed by atoms with Crippen molar-refractivity contribution in [2.45, 2.75) is 32.1 Å². The SMILES string of the molecule is COc1cc(C(=O)O)ccc1Cc1cccc2ccc(CCCCC(=O)N(C)C)cc12. The Morgan fingerprint density at radius 2 is 1.77 bits per heavy atom. The number of ether oxygens (including phenoxy) is 1. The molecule has 0 aromatic heterocycles. The molecule has 0 aliphatic heterocycles. The molecule has 1 amide bonds. The lowest BCUT2D eigenvalue weighted by Crippen LogP contribution is -2.21. The van der Waals surface area contributed by atoms with E-state index in [1.165, 1.54) is 21.9 Å². The molecule has 0 aliphatic carbocycles. The van der Waals surface area contributed by atoms with Gasteiger partial charge in [0.2, 0.25) is 5.91 Å². The predicted octanol–water partition coefficient (Wildman–Crippen LogP) is 4.94. The zero-order valence-electron chi connectivity index (χ0n) is 18.4. The first-order valence-corrected chi connectivity index (χ1v) is 10.5. The van der Waals surface area contributed by atoms with Crippen LogP contribution in [0.2, 0.25) is 0 Å². The third-order valence-electron chi connectivity index (χ3n) is 5.56. The van der Waals surface area contributed by atoms with Gasteiger partial charge in [0.1, 0.15) is 5.75 Å². The van der Waals surface area contributed by atoms with E-state index in [2.05, 4.69) is 30.3 Å². The second-order valence-electron chi connectivity index (χ2n) is 7.98. The summed E-state index contributed by atoms with van der Waals surface area (Å²) in [4.78, 5) is 24.6. The molecule has 162 valence electrons. The lowest BCUT2D eigenvalue weighted by Gasteiger charge is -2.13. The third kappa shape index (κ3) is 5.63. The number of amides is 1. The largest absolute Gasteiger partial charge is 0.496 e. The lowest BCUT2D eigenvalue weighted by molar-refractivity contribution is -0.128. The lowest BCUT2D eigenvalue weighted by atomic mass is 9.95. The van der Waals surface area contributed by atoms with Gasteiger partial charge >= 0.3 is 5.97 Å². The van der Waals surface area contributed by atoms with Crippen molar-refractivity contribution in [2.75, 3.05) is 21.2 Å². The second-order valence-corrected chi connectivity index (χ2v) is 7.98. The number of rotatable bonds is 9. The molecule has 0 radical (unpaired) electrons. The zero-order valence-corrected chi connectivity index (χ0v) is 18.4. The number of aryl methyl sites for hydroxylation is 1. The molecule has 0 fully saturated rings. The molecule has 0 unspecified atom stereocenters. The van der Waals surface area contributed by atoms with Gasteiger partial charge in [-0.1, -0.05) is 42.5 Å². The second kappa shape index (κ2) is 10.1. The number of aromatic carboxylic acids is 1. The van der Waals surface area contributed by atoms with Crippen LogP contribution in [0.25, 0.3) is 10.8 Å². The summed E-state index contributed by atoms with van der Waals surface area (Å²) in [6, 6.07) is 17.8. The van der Waals surface area contributed by atoms with Crippen LogP contribution in [0, 0.1) is 0 Å². The van der Waals surface area contributed by atoms with Crippen molar-refractivity contribution >= 4 is 22.6 Å². The molecule has 0 heterocycles. The fraction of sp³-hybridized carbons (Fsp3) is 0.308. The molecule has 0 aliphatic rings. The van der Waals surface area contributed by atoms with Crippen LogP contribution in [0.1, 0.15) is 46.3 Å². The highest BCUT2D eigenvalue weighted by Gasteiger charge is 2.11. The number of fused-ring (bicyclic) bond motifs is 1. The van der Waals surface area contributed by atoms with Crippen LogP contribution >= 0.6 is 0 Å². The highest BCUT2D eigenvalue weighted by Crippen LogP contribution is 2.28. The molecular formula is C26H29NO4. The minimum absolute atomic E-state index is 0.170. The number of carboxylic acids is 1. The quantitative estimate of drug-likeness (QED) is 0.499. The van der Waals surface area contributed by atoms with Gasteiger partial charge in [-0.3, -0.25) is 4.79 Å². The molecule has 0 spiro atoms. The number of benzene rings is 3. The van der Waals surface area contributed by atoms with Crippen LogP contribution < -0.4 is 4.74 Å². The Labute approximate surface area is 183 Å². The van der Waals surface area contributed by atoms with E-state index in [9.17, 15) is 14.7 Å². The van der Waals surface area contributed by atoms with E-state index in [4.69, 9.17) is 4.74 Å². The molecule has 0 saturated carbocycles. The van der Waals surface area contributed by atoms with E-state index in [0.29, 0.717) is 18.6 Å². The van der Waals surface area contributed by atoms with Gasteiger partial charge in [0.25, 0.3) is 0 Å². The van der Waals surface area contributed by atoms with Gasteiger partial charge < -0.3 is 14.7 Å². The van der Waals surface area contributed by atoms with Crippen molar-refractivity contribution in [3.8, 4) is 5.75 Å². The smallest absolute Gasteiger partial charge is 0.335 e. The molecule has 0 atom stereocenters. The Bertz CT molecular complexity index is 1090. The molecule has 5 nitrogen and oxygen atoms in total. The summed E-state index contributed by atoms with van der Waals surface area (Å²) in [6.45, 7) is 0. The molecular weight excluding hydrogens is 390 g/mol. The summed E-state index contributed by atoms with van der Waals surface area (Å²) in [5.74, 6) is -0.214. The number of nitrogens with zero attached hydrogens (tertiary/aromatic N) is 1. The number of carbonyl (C=O) groups excluding carboxylic acids is 1. The Hall–Kier alpha value is -3.34. The van der Waals surface area contributed by atoms with Gasteiger partial charge in [-0.05, 0) is 58.9 Å². The third-order valence-corrected chi connectivity index (χ3v) is 5.56. The van der Waals surface area contributed by atoms with E-state index in [-0.39, 0.29) is 11.5 Å². The fourth-order valence-corrected chi connectivity index (χ4v) is 3.75. The summed E-state index contributed by atoms with van der Waals surface area (Å²) in [6.07, 6.45) is 4.02. The molecule has 0 saturated heterocycles. The van der Waals surface area contributed by atoms with Gasteiger partial charge in [0.05, 0.1) is 12.7 Å². The standard InChI is InChI=1S/C26H29NO4/c1-27(2)25(28)10-5-4-7-18-11-12-19-8-6-9-20(23(19)15-18)16-21-13-14-22(26(29)30)17-24(21)31-3/h6,8-9,11-15,17H,4-5,7,10,16H2,1-3H3,(H,29,30). The number of hydrogen-bond acceptors (Lipinski definition) is 3. The molecule has 3 rings (SSSR count).